The molecule has 8 atom stereocenters. The Hall–Kier alpha value is -0.943. The highest BCUT2D eigenvalue weighted by atomic mass is 35.5. The number of ether oxygens (including phenoxy) is 3. The zero-order chi connectivity index (χ0) is 25.4. The Kier molecular flexibility index (Phi) is 4.82. The number of aryl methyl sites for hydroxylation is 1. The van der Waals surface area contributed by atoms with E-state index in [1.54, 1.807) is 31.4 Å². The van der Waals surface area contributed by atoms with Crippen LogP contribution in [0.4, 0.5) is 0 Å². The second-order valence-electron chi connectivity index (χ2n) is 11.9. The molecule has 0 N–H and O–H groups in total. The van der Waals surface area contributed by atoms with Crippen LogP contribution in [0.5, 0.6) is 0 Å². The maximum atomic E-state index is 13.5. The molecule has 0 amide bonds. The monoisotopic (exact) mass is 540 g/mol. The van der Waals surface area contributed by atoms with Crippen molar-refractivity contribution in [1.29, 1.82) is 0 Å². The summed E-state index contributed by atoms with van der Waals surface area (Å²) in [6, 6.07) is 6.60. The van der Waals surface area contributed by atoms with E-state index in [1.165, 1.54) is 0 Å². The summed E-state index contributed by atoms with van der Waals surface area (Å²) in [6.45, 7) is 12.7. The summed E-state index contributed by atoms with van der Waals surface area (Å²) in [5.41, 5.74) is -1.48. The molecular weight excluding hydrogens is 508 g/mol. The average Bonchev–Trinajstić information content (AvgIpc) is 3.29. The van der Waals surface area contributed by atoms with Crippen LogP contribution >= 0.6 is 11.6 Å². The van der Waals surface area contributed by atoms with E-state index in [1.807, 2.05) is 13.8 Å². The molecular formula is C25H33ClO7SSi. The van der Waals surface area contributed by atoms with E-state index < -0.39 is 46.8 Å². The summed E-state index contributed by atoms with van der Waals surface area (Å²) in [5.74, 6) is -1.18. The van der Waals surface area contributed by atoms with Gasteiger partial charge in [0.15, 0.2) is 8.32 Å². The zero-order valence-electron chi connectivity index (χ0n) is 21.2. The molecule has 0 radical (unpaired) electrons. The number of hydrogen-bond acceptors (Lipinski definition) is 7. The van der Waals surface area contributed by atoms with Gasteiger partial charge in [0, 0.05) is 13.0 Å². The summed E-state index contributed by atoms with van der Waals surface area (Å²) in [6.07, 6.45) is 0.279. The predicted octanol–water partition coefficient (Wildman–Crippen LogP) is 4.56. The van der Waals surface area contributed by atoms with E-state index in [4.69, 9.17) is 34.4 Å². The summed E-state index contributed by atoms with van der Waals surface area (Å²) in [7, 11) is -4.70. The SMILES string of the molecule is COC12OCC3C1(C)C(OS(=O)(=O)c1ccc(C)cc1)=C(Cl)C1(C(C)CC4OC431)C2O[Si](C)(C)C. The van der Waals surface area contributed by atoms with Crippen molar-refractivity contribution in [2.45, 2.75) is 75.3 Å². The topological polar surface area (TPSA) is 83.6 Å². The zero-order valence-corrected chi connectivity index (χ0v) is 23.7. The smallest absolute Gasteiger partial charge is 0.338 e. The molecule has 2 heterocycles. The molecule has 7 nitrogen and oxygen atoms in total. The molecule has 4 fully saturated rings. The Bertz CT molecular complexity index is 1240. The van der Waals surface area contributed by atoms with Crippen molar-refractivity contribution in [1.82, 2.24) is 0 Å². The molecule has 1 aromatic rings. The van der Waals surface area contributed by atoms with Crippen molar-refractivity contribution in [2.24, 2.45) is 22.7 Å². The lowest BCUT2D eigenvalue weighted by Crippen LogP contribution is -2.77. The van der Waals surface area contributed by atoms with Gasteiger partial charge in [0.05, 0.1) is 28.6 Å². The van der Waals surface area contributed by atoms with Crippen LogP contribution in [0.15, 0.2) is 40.0 Å². The fourth-order valence-corrected chi connectivity index (χ4v) is 10.6. The molecule has 2 aliphatic heterocycles. The van der Waals surface area contributed by atoms with Gasteiger partial charge in [0.1, 0.15) is 22.4 Å². The quantitative estimate of drug-likeness (QED) is 0.297. The first-order chi connectivity index (χ1) is 16.2. The van der Waals surface area contributed by atoms with Gasteiger partial charge in [-0.2, -0.15) is 8.42 Å². The third-order valence-electron chi connectivity index (χ3n) is 9.22. The maximum absolute atomic E-state index is 13.5. The van der Waals surface area contributed by atoms with E-state index in [0.29, 0.717) is 11.6 Å². The molecule has 2 saturated carbocycles. The van der Waals surface area contributed by atoms with E-state index in [2.05, 4.69) is 26.6 Å². The van der Waals surface area contributed by atoms with Crippen molar-refractivity contribution >= 4 is 30.0 Å². The predicted molar refractivity (Wildman–Crippen MR) is 132 cm³/mol. The van der Waals surface area contributed by atoms with Crippen LogP contribution in [-0.2, 0) is 32.9 Å². The molecule has 4 bridgehead atoms. The fraction of sp³-hybridized carbons (Fsp3) is 0.680. The van der Waals surface area contributed by atoms with Crippen molar-refractivity contribution in [3.05, 3.63) is 40.6 Å². The molecule has 6 aliphatic rings. The standard InChI is InChI=1S/C25H33ClO7SSi/c1-14-8-10-16(11-9-14)34(27,28)32-20-19(26)23-15(2)12-18-24(23,31-18)17-13-30-25(29-4,22(17,20)3)21(23)33-35(5,6)7/h8-11,15,17-18,21H,12-13H2,1-7H3. The van der Waals surface area contributed by atoms with E-state index in [9.17, 15) is 8.42 Å². The van der Waals surface area contributed by atoms with Gasteiger partial charge >= 0.3 is 10.1 Å². The number of rotatable bonds is 6. The van der Waals surface area contributed by atoms with Crippen LogP contribution in [0, 0.1) is 29.6 Å². The van der Waals surface area contributed by atoms with Crippen molar-refractivity contribution < 1.29 is 31.2 Å². The summed E-state index contributed by atoms with van der Waals surface area (Å²) >= 11 is 7.33. The number of epoxide rings is 1. The highest BCUT2D eigenvalue weighted by Gasteiger charge is 2.96. The second-order valence-corrected chi connectivity index (χ2v) is 18.3. The van der Waals surface area contributed by atoms with Crippen LogP contribution < -0.4 is 0 Å². The maximum Gasteiger partial charge on any atom is 0.338 e. The van der Waals surface area contributed by atoms with Crippen LogP contribution in [0.1, 0.15) is 25.8 Å². The largest absolute Gasteiger partial charge is 0.408 e. The van der Waals surface area contributed by atoms with Gasteiger partial charge in [-0.1, -0.05) is 36.2 Å². The first-order valence-electron chi connectivity index (χ1n) is 12.2. The van der Waals surface area contributed by atoms with Gasteiger partial charge in [-0.15, -0.1) is 0 Å². The first kappa shape index (κ1) is 24.4. The summed E-state index contributed by atoms with van der Waals surface area (Å²) in [4.78, 5) is 0.0759. The lowest BCUT2D eigenvalue weighted by atomic mass is 9.44. The first-order valence-corrected chi connectivity index (χ1v) is 17.4. The Morgan fingerprint density at radius 1 is 1.17 bits per heavy atom. The highest BCUT2D eigenvalue weighted by Crippen LogP contribution is 2.85. The minimum Gasteiger partial charge on any atom is -0.408 e. The Morgan fingerprint density at radius 3 is 2.43 bits per heavy atom. The van der Waals surface area contributed by atoms with Gasteiger partial charge in [-0.25, -0.2) is 0 Å². The third kappa shape index (κ3) is 2.59. The van der Waals surface area contributed by atoms with Gasteiger partial charge in [-0.05, 0) is 58.0 Å². The van der Waals surface area contributed by atoms with E-state index in [0.717, 1.165) is 12.0 Å². The number of hydrogen-bond donors (Lipinski definition) is 0. The lowest BCUT2D eigenvalue weighted by Gasteiger charge is -2.66. The Balaban J connectivity index is 1.60. The summed E-state index contributed by atoms with van der Waals surface area (Å²) < 4.78 is 59.2. The fourth-order valence-electron chi connectivity index (χ4n) is 7.83. The summed E-state index contributed by atoms with van der Waals surface area (Å²) in [5, 5.41) is 0.376. The molecule has 1 aromatic carbocycles. The average molecular weight is 541 g/mol. The molecule has 2 saturated heterocycles. The molecule has 8 unspecified atom stereocenters. The van der Waals surface area contributed by atoms with Crippen LogP contribution in [0.3, 0.4) is 0 Å². The second kappa shape index (κ2) is 6.92. The Labute approximate surface area is 213 Å². The van der Waals surface area contributed by atoms with Crippen LogP contribution in [0.2, 0.25) is 19.6 Å². The molecule has 10 heteroatoms. The van der Waals surface area contributed by atoms with Crippen molar-refractivity contribution in [2.75, 3.05) is 13.7 Å². The Morgan fingerprint density at radius 2 is 1.83 bits per heavy atom. The van der Waals surface area contributed by atoms with E-state index in [-0.39, 0.29) is 28.6 Å². The van der Waals surface area contributed by atoms with Gasteiger partial charge in [-0.3, -0.25) is 0 Å². The lowest BCUT2D eigenvalue weighted by molar-refractivity contribution is -0.334. The van der Waals surface area contributed by atoms with Gasteiger partial charge < -0.3 is 22.8 Å². The third-order valence-corrected chi connectivity index (χ3v) is 11.9. The minimum absolute atomic E-state index is 0.0233. The van der Waals surface area contributed by atoms with E-state index >= 15 is 0 Å². The normalized spacial score (nSPS) is 45.5. The van der Waals surface area contributed by atoms with Crippen molar-refractivity contribution in [3.63, 3.8) is 0 Å². The van der Waals surface area contributed by atoms with Crippen LogP contribution in [0.25, 0.3) is 0 Å². The molecule has 192 valence electrons. The van der Waals surface area contributed by atoms with Gasteiger partial charge in [0.25, 0.3) is 0 Å². The van der Waals surface area contributed by atoms with Crippen LogP contribution in [-0.4, -0.2) is 54.0 Å². The van der Waals surface area contributed by atoms with Crippen molar-refractivity contribution in [3.8, 4) is 0 Å². The highest BCUT2D eigenvalue weighted by molar-refractivity contribution is 7.86. The van der Waals surface area contributed by atoms with Gasteiger partial charge in [0.2, 0.25) is 5.79 Å². The molecule has 35 heavy (non-hydrogen) atoms. The molecule has 2 spiro atoms. The number of halogens is 1. The molecule has 7 rings (SSSR count). The molecule has 0 aromatic heterocycles. The molecule has 4 aliphatic carbocycles. The number of methoxy groups -OCH3 is 1. The number of benzene rings is 1. The minimum atomic E-state index is -4.16.